The van der Waals surface area contributed by atoms with Crippen LogP contribution in [0.4, 0.5) is 5.69 Å². The van der Waals surface area contributed by atoms with Crippen LogP contribution >= 0.6 is 0 Å². The van der Waals surface area contributed by atoms with E-state index in [-0.39, 0.29) is 16.1 Å². The highest BCUT2D eigenvalue weighted by molar-refractivity contribution is 7.90. The molecule has 0 fully saturated rings. The first kappa shape index (κ1) is 14.9. The molecule has 0 unspecified atom stereocenters. The van der Waals surface area contributed by atoms with Gasteiger partial charge >= 0.3 is 0 Å². The van der Waals surface area contributed by atoms with Crippen LogP contribution in [-0.4, -0.2) is 25.9 Å². The third-order valence-corrected chi connectivity index (χ3v) is 4.06. The third kappa shape index (κ3) is 3.14. The number of nitro groups is 1. The number of hydrogen-bond acceptors (Lipinski definition) is 5. The Bertz CT molecular complexity index is 827. The van der Waals surface area contributed by atoms with E-state index >= 15 is 0 Å². The lowest BCUT2D eigenvalue weighted by atomic mass is 10.0. The van der Waals surface area contributed by atoms with Crippen LogP contribution in [0, 0.1) is 10.1 Å². The van der Waals surface area contributed by atoms with Crippen LogP contribution in [0.25, 0.3) is 11.1 Å². The van der Waals surface area contributed by atoms with E-state index in [0.717, 1.165) is 6.26 Å². The zero-order chi connectivity index (χ0) is 15.6. The van der Waals surface area contributed by atoms with Crippen LogP contribution in [0.1, 0.15) is 10.4 Å². The molecular formula is C14H11NO5S. The van der Waals surface area contributed by atoms with Crippen molar-refractivity contribution < 1.29 is 18.1 Å². The van der Waals surface area contributed by atoms with E-state index in [1.165, 1.54) is 30.3 Å². The predicted molar refractivity (Wildman–Crippen MR) is 77.0 cm³/mol. The van der Waals surface area contributed by atoms with Crippen molar-refractivity contribution in [1.82, 2.24) is 0 Å². The van der Waals surface area contributed by atoms with E-state index in [4.69, 9.17) is 0 Å². The van der Waals surface area contributed by atoms with Crippen LogP contribution < -0.4 is 0 Å². The van der Waals surface area contributed by atoms with Crippen molar-refractivity contribution in [2.75, 3.05) is 6.26 Å². The normalized spacial score (nSPS) is 11.1. The van der Waals surface area contributed by atoms with Crippen molar-refractivity contribution in [3.8, 4) is 11.1 Å². The second-order valence-electron chi connectivity index (χ2n) is 4.45. The molecule has 7 heteroatoms. The van der Waals surface area contributed by atoms with E-state index in [1.54, 1.807) is 12.1 Å². The molecule has 0 aromatic heterocycles. The summed E-state index contributed by atoms with van der Waals surface area (Å²) in [5.74, 6) is 0. The number of carbonyl (C=O) groups is 1. The fourth-order valence-corrected chi connectivity index (χ4v) is 2.57. The minimum Gasteiger partial charge on any atom is -0.298 e. The molecule has 0 radical (unpaired) electrons. The van der Waals surface area contributed by atoms with Gasteiger partial charge in [0.05, 0.1) is 15.4 Å². The number of sulfone groups is 1. The van der Waals surface area contributed by atoms with Gasteiger partial charge in [-0.05, 0) is 35.4 Å². The van der Waals surface area contributed by atoms with Gasteiger partial charge in [-0.1, -0.05) is 12.1 Å². The molecule has 2 rings (SSSR count). The van der Waals surface area contributed by atoms with Crippen molar-refractivity contribution in [3.05, 3.63) is 58.1 Å². The standard InChI is InChI=1S/C14H11NO5S/c1-21(19,20)13-4-2-3-10(8-13)11-5-6-14(15(17)18)12(7-11)9-16/h2-9H,1H3. The monoisotopic (exact) mass is 305 g/mol. The highest BCUT2D eigenvalue weighted by atomic mass is 32.2. The largest absolute Gasteiger partial charge is 0.298 e. The molecule has 0 saturated carbocycles. The van der Waals surface area contributed by atoms with Gasteiger partial charge in [-0.15, -0.1) is 0 Å². The van der Waals surface area contributed by atoms with Crippen molar-refractivity contribution in [3.63, 3.8) is 0 Å². The number of aldehydes is 1. The van der Waals surface area contributed by atoms with Gasteiger partial charge in [0.15, 0.2) is 16.1 Å². The van der Waals surface area contributed by atoms with E-state index in [2.05, 4.69) is 0 Å². The Morgan fingerprint density at radius 3 is 2.33 bits per heavy atom. The lowest BCUT2D eigenvalue weighted by Gasteiger charge is -2.05. The Labute approximate surface area is 121 Å². The molecule has 0 saturated heterocycles. The van der Waals surface area contributed by atoms with Crippen LogP contribution in [-0.2, 0) is 9.84 Å². The number of benzene rings is 2. The summed E-state index contributed by atoms with van der Waals surface area (Å²) in [4.78, 5) is 21.2. The van der Waals surface area contributed by atoms with E-state index in [0.29, 0.717) is 17.4 Å². The first-order valence-electron chi connectivity index (χ1n) is 5.87. The van der Waals surface area contributed by atoms with E-state index < -0.39 is 14.8 Å². The number of nitrogens with zero attached hydrogens (tertiary/aromatic N) is 1. The zero-order valence-electron chi connectivity index (χ0n) is 11.0. The van der Waals surface area contributed by atoms with Crippen LogP contribution in [0.15, 0.2) is 47.4 Å². The van der Waals surface area contributed by atoms with Crippen LogP contribution in [0.5, 0.6) is 0 Å². The molecule has 0 aliphatic carbocycles. The number of rotatable bonds is 4. The average molecular weight is 305 g/mol. The SMILES string of the molecule is CS(=O)(=O)c1cccc(-c2ccc([N+](=O)[O-])c(C=O)c2)c1. The molecule has 2 aromatic carbocycles. The fourth-order valence-electron chi connectivity index (χ4n) is 1.90. The van der Waals surface area contributed by atoms with E-state index in [1.807, 2.05) is 0 Å². The summed E-state index contributed by atoms with van der Waals surface area (Å²) in [7, 11) is -3.35. The lowest BCUT2D eigenvalue weighted by molar-refractivity contribution is -0.385. The zero-order valence-corrected chi connectivity index (χ0v) is 11.8. The molecule has 0 spiro atoms. The van der Waals surface area contributed by atoms with Crippen molar-refractivity contribution in [2.45, 2.75) is 4.90 Å². The van der Waals surface area contributed by atoms with Gasteiger partial charge in [0.2, 0.25) is 0 Å². The van der Waals surface area contributed by atoms with Gasteiger partial charge in [0.1, 0.15) is 0 Å². The summed E-state index contributed by atoms with van der Waals surface area (Å²) in [6.07, 6.45) is 1.50. The van der Waals surface area contributed by atoms with Gasteiger partial charge in [-0.25, -0.2) is 8.42 Å². The summed E-state index contributed by atoms with van der Waals surface area (Å²) in [5.41, 5.74) is 0.763. The van der Waals surface area contributed by atoms with Gasteiger partial charge in [-0.2, -0.15) is 0 Å². The Balaban J connectivity index is 2.58. The minimum absolute atomic E-state index is 0.0535. The summed E-state index contributed by atoms with van der Waals surface area (Å²) in [6.45, 7) is 0. The molecule has 0 heterocycles. The molecule has 21 heavy (non-hydrogen) atoms. The molecular weight excluding hydrogens is 294 g/mol. The lowest BCUT2D eigenvalue weighted by Crippen LogP contribution is -1.97. The van der Waals surface area contributed by atoms with Crippen molar-refractivity contribution >= 4 is 21.8 Å². The number of hydrogen-bond donors (Lipinski definition) is 0. The first-order valence-corrected chi connectivity index (χ1v) is 7.76. The molecule has 0 aliphatic rings. The highest BCUT2D eigenvalue weighted by Crippen LogP contribution is 2.27. The van der Waals surface area contributed by atoms with Crippen LogP contribution in [0.2, 0.25) is 0 Å². The summed E-state index contributed by atoms with van der Waals surface area (Å²) in [6, 6.07) is 10.2. The second-order valence-corrected chi connectivity index (χ2v) is 6.46. The molecule has 0 atom stereocenters. The smallest absolute Gasteiger partial charge is 0.279 e. The highest BCUT2D eigenvalue weighted by Gasteiger charge is 2.15. The van der Waals surface area contributed by atoms with Crippen molar-refractivity contribution in [2.24, 2.45) is 0 Å². The predicted octanol–water partition coefficient (Wildman–Crippen LogP) is 2.48. The summed E-state index contributed by atoms with van der Waals surface area (Å²) < 4.78 is 23.1. The molecule has 108 valence electrons. The Morgan fingerprint density at radius 2 is 1.76 bits per heavy atom. The minimum atomic E-state index is -3.35. The maximum absolute atomic E-state index is 11.5. The van der Waals surface area contributed by atoms with Gasteiger partial charge < -0.3 is 0 Å². The first-order chi connectivity index (χ1) is 9.82. The average Bonchev–Trinajstić information content (AvgIpc) is 2.45. The fraction of sp³-hybridized carbons (Fsp3) is 0.0714. The Morgan fingerprint density at radius 1 is 1.10 bits per heavy atom. The molecule has 6 nitrogen and oxygen atoms in total. The topological polar surface area (TPSA) is 94.3 Å². The molecule has 0 amide bonds. The Kier molecular flexibility index (Phi) is 3.86. The molecule has 0 N–H and O–H groups in total. The second kappa shape index (κ2) is 5.45. The maximum Gasteiger partial charge on any atom is 0.279 e. The number of nitro benzene ring substituents is 1. The molecule has 0 bridgehead atoms. The molecule has 0 aliphatic heterocycles. The summed E-state index contributed by atoms with van der Waals surface area (Å²) in [5, 5.41) is 10.8. The number of carbonyl (C=O) groups excluding carboxylic acids is 1. The third-order valence-electron chi connectivity index (χ3n) is 2.95. The van der Waals surface area contributed by atoms with Gasteiger partial charge in [-0.3, -0.25) is 14.9 Å². The van der Waals surface area contributed by atoms with Crippen molar-refractivity contribution in [1.29, 1.82) is 0 Å². The molecule has 2 aromatic rings. The van der Waals surface area contributed by atoms with Gasteiger partial charge in [0, 0.05) is 12.3 Å². The van der Waals surface area contributed by atoms with E-state index in [9.17, 15) is 23.3 Å². The maximum atomic E-state index is 11.5. The van der Waals surface area contributed by atoms with Gasteiger partial charge in [0.25, 0.3) is 5.69 Å². The summed E-state index contributed by atoms with van der Waals surface area (Å²) >= 11 is 0. The Hall–Kier alpha value is -2.54. The quantitative estimate of drug-likeness (QED) is 0.491. The van der Waals surface area contributed by atoms with Crippen LogP contribution in [0.3, 0.4) is 0 Å².